The minimum Gasteiger partial charge on any atom is -0.467 e. The maximum absolute atomic E-state index is 13.6. The van der Waals surface area contributed by atoms with Gasteiger partial charge < -0.3 is 19.8 Å². The lowest BCUT2D eigenvalue weighted by molar-refractivity contribution is -0.174. The zero-order chi connectivity index (χ0) is 19.0. The number of aromatic nitrogens is 2. The third kappa shape index (κ3) is 3.66. The van der Waals surface area contributed by atoms with E-state index in [-0.39, 0.29) is 24.0 Å². The molecule has 1 fully saturated rings. The fourth-order valence-electron chi connectivity index (χ4n) is 3.46. The lowest BCUT2D eigenvalue weighted by Gasteiger charge is -2.32. The summed E-state index contributed by atoms with van der Waals surface area (Å²) < 4.78 is 52.2. The number of carbonyl (C=O) groups is 1. The summed E-state index contributed by atoms with van der Waals surface area (Å²) in [6, 6.07) is 2.07. The van der Waals surface area contributed by atoms with Gasteiger partial charge in [0.05, 0.1) is 18.4 Å². The largest absolute Gasteiger partial charge is 0.467 e. The van der Waals surface area contributed by atoms with E-state index in [1.54, 1.807) is 12.1 Å². The average molecular weight is 384 g/mol. The van der Waals surface area contributed by atoms with Crippen LogP contribution in [-0.2, 0) is 4.74 Å². The summed E-state index contributed by atoms with van der Waals surface area (Å²) in [5.74, 6) is 0.0120. The van der Waals surface area contributed by atoms with Crippen LogP contribution in [0.3, 0.4) is 0 Å². The van der Waals surface area contributed by atoms with Gasteiger partial charge in [0.1, 0.15) is 11.6 Å². The van der Waals surface area contributed by atoms with Crippen LogP contribution in [-0.4, -0.2) is 41.1 Å². The first-order valence-corrected chi connectivity index (χ1v) is 8.78. The fraction of sp³-hybridized carbons (Fsp3) is 0.529. The molecule has 3 atom stereocenters. The van der Waals surface area contributed by atoms with E-state index in [0.29, 0.717) is 18.9 Å². The molecule has 0 unspecified atom stereocenters. The minimum absolute atomic E-state index is 0.0597. The van der Waals surface area contributed by atoms with Gasteiger partial charge in [0.25, 0.3) is 5.91 Å². The molecule has 1 amide bonds. The molecule has 2 aliphatic heterocycles. The second kappa shape index (κ2) is 6.91. The number of nitrogens with zero attached hydrogens (tertiary/aromatic N) is 2. The topological polar surface area (TPSA) is 81.3 Å². The molecule has 27 heavy (non-hydrogen) atoms. The van der Waals surface area contributed by atoms with Gasteiger partial charge >= 0.3 is 6.18 Å². The summed E-state index contributed by atoms with van der Waals surface area (Å²) in [5, 5.41) is 9.56. The SMILES string of the molecule is O=C(NC[C@@H]1CCCO1)c1cc2n(n1)[C@@H](C(F)(F)F)C[C@H](c1ccco1)N2. The molecule has 2 aromatic rings. The number of fused-ring (bicyclic) bond motifs is 1. The van der Waals surface area contributed by atoms with E-state index in [1.807, 2.05) is 0 Å². The highest BCUT2D eigenvalue weighted by Crippen LogP contribution is 2.43. The zero-order valence-corrected chi connectivity index (χ0v) is 14.3. The van der Waals surface area contributed by atoms with Gasteiger partial charge in [-0.2, -0.15) is 18.3 Å². The maximum atomic E-state index is 13.6. The van der Waals surface area contributed by atoms with E-state index in [1.165, 1.54) is 12.3 Å². The molecule has 2 aliphatic rings. The number of anilines is 1. The first kappa shape index (κ1) is 17.9. The van der Waals surface area contributed by atoms with Crippen molar-refractivity contribution in [1.82, 2.24) is 15.1 Å². The minimum atomic E-state index is -4.50. The van der Waals surface area contributed by atoms with Crippen LogP contribution in [0.2, 0.25) is 0 Å². The summed E-state index contributed by atoms with van der Waals surface area (Å²) >= 11 is 0. The van der Waals surface area contributed by atoms with E-state index in [4.69, 9.17) is 9.15 Å². The highest BCUT2D eigenvalue weighted by molar-refractivity contribution is 5.93. The quantitative estimate of drug-likeness (QED) is 0.847. The number of carbonyl (C=O) groups excluding carboxylic acids is 1. The van der Waals surface area contributed by atoms with Crippen LogP contribution in [0, 0.1) is 0 Å². The second-order valence-corrected chi connectivity index (χ2v) is 6.71. The number of amides is 1. The van der Waals surface area contributed by atoms with Crippen molar-refractivity contribution in [1.29, 1.82) is 0 Å². The van der Waals surface area contributed by atoms with Gasteiger partial charge in [-0.15, -0.1) is 0 Å². The molecular weight excluding hydrogens is 365 g/mol. The Labute approximate surface area is 152 Å². The third-order valence-corrected chi connectivity index (χ3v) is 4.82. The molecule has 0 bridgehead atoms. The Hall–Kier alpha value is -2.49. The molecule has 0 saturated carbocycles. The van der Waals surface area contributed by atoms with Crippen LogP contribution in [0.1, 0.15) is 47.6 Å². The Morgan fingerprint density at radius 2 is 2.30 bits per heavy atom. The summed E-state index contributed by atoms with van der Waals surface area (Å²) in [6.45, 7) is 0.969. The molecule has 4 rings (SSSR count). The van der Waals surface area contributed by atoms with Crippen molar-refractivity contribution in [3.8, 4) is 0 Å². The number of hydrogen-bond donors (Lipinski definition) is 2. The number of nitrogens with one attached hydrogen (secondary N) is 2. The van der Waals surface area contributed by atoms with E-state index in [0.717, 1.165) is 17.5 Å². The second-order valence-electron chi connectivity index (χ2n) is 6.71. The monoisotopic (exact) mass is 384 g/mol. The van der Waals surface area contributed by atoms with Crippen LogP contribution >= 0.6 is 0 Å². The van der Waals surface area contributed by atoms with Crippen LogP contribution in [0.15, 0.2) is 28.9 Å². The number of rotatable bonds is 4. The van der Waals surface area contributed by atoms with E-state index >= 15 is 0 Å². The Balaban J connectivity index is 1.55. The number of hydrogen-bond acceptors (Lipinski definition) is 5. The highest BCUT2D eigenvalue weighted by Gasteiger charge is 2.47. The van der Waals surface area contributed by atoms with Gasteiger partial charge in [0, 0.05) is 25.6 Å². The predicted octanol–water partition coefficient (Wildman–Crippen LogP) is 3.05. The Morgan fingerprint density at radius 3 is 2.96 bits per heavy atom. The molecule has 1 saturated heterocycles. The van der Waals surface area contributed by atoms with Gasteiger partial charge in [-0.1, -0.05) is 0 Å². The Kier molecular flexibility index (Phi) is 4.58. The van der Waals surface area contributed by atoms with Crippen molar-refractivity contribution in [3.63, 3.8) is 0 Å². The van der Waals surface area contributed by atoms with Gasteiger partial charge in [-0.25, -0.2) is 4.68 Å². The molecular formula is C17H19F3N4O3. The Bertz CT molecular complexity index is 797. The van der Waals surface area contributed by atoms with Gasteiger partial charge in [0.2, 0.25) is 0 Å². The lowest BCUT2D eigenvalue weighted by atomic mass is 10.0. The number of alkyl halides is 3. The highest BCUT2D eigenvalue weighted by atomic mass is 19.4. The number of halogens is 3. The number of ether oxygens (including phenoxy) is 1. The molecule has 0 aliphatic carbocycles. The van der Waals surface area contributed by atoms with Crippen LogP contribution in [0.25, 0.3) is 0 Å². The van der Waals surface area contributed by atoms with Crippen molar-refractivity contribution >= 4 is 11.7 Å². The maximum Gasteiger partial charge on any atom is 0.410 e. The molecule has 2 N–H and O–H groups in total. The Morgan fingerprint density at radius 1 is 1.44 bits per heavy atom. The summed E-state index contributed by atoms with van der Waals surface area (Å²) in [6.07, 6.45) is -1.64. The first-order valence-electron chi connectivity index (χ1n) is 8.78. The standard InChI is InChI=1S/C17H19F3N4O3/c18-17(19,20)14-7-11(13-4-2-6-27-13)22-15-8-12(23-24(14)15)16(25)21-9-10-3-1-5-26-10/h2,4,6,8,10-11,14,22H,1,3,5,7,9H2,(H,21,25)/t10-,11+,14+/m0/s1. The molecule has 0 spiro atoms. The van der Waals surface area contributed by atoms with E-state index in [9.17, 15) is 18.0 Å². The van der Waals surface area contributed by atoms with Crippen LogP contribution in [0.4, 0.5) is 19.0 Å². The van der Waals surface area contributed by atoms with Gasteiger partial charge in [-0.3, -0.25) is 4.79 Å². The zero-order valence-electron chi connectivity index (χ0n) is 14.3. The van der Waals surface area contributed by atoms with Crippen molar-refractivity contribution in [2.24, 2.45) is 0 Å². The van der Waals surface area contributed by atoms with Crippen LogP contribution < -0.4 is 10.6 Å². The molecule has 0 aromatic carbocycles. The molecule has 10 heteroatoms. The summed E-state index contributed by atoms with van der Waals surface area (Å²) in [5.41, 5.74) is -0.0650. The first-order chi connectivity index (χ1) is 12.9. The van der Waals surface area contributed by atoms with Gasteiger partial charge in [-0.05, 0) is 25.0 Å². The van der Waals surface area contributed by atoms with E-state index < -0.39 is 24.2 Å². The van der Waals surface area contributed by atoms with Crippen molar-refractivity contribution in [3.05, 3.63) is 35.9 Å². The van der Waals surface area contributed by atoms with Crippen molar-refractivity contribution in [2.75, 3.05) is 18.5 Å². The molecule has 146 valence electrons. The van der Waals surface area contributed by atoms with Gasteiger partial charge in [0.15, 0.2) is 11.7 Å². The molecule has 2 aromatic heterocycles. The predicted molar refractivity (Wildman–Crippen MR) is 88.3 cm³/mol. The normalized spacial score (nSPS) is 25.1. The molecule has 4 heterocycles. The molecule has 0 radical (unpaired) electrons. The average Bonchev–Trinajstić information content (AvgIpc) is 3.38. The fourth-order valence-corrected chi connectivity index (χ4v) is 3.46. The lowest BCUT2D eigenvalue weighted by Crippen LogP contribution is -2.36. The van der Waals surface area contributed by atoms with Crippen LogP contribution in [0.5, 0.6) is 0 Å². The summed E-state index contributed by atoms with van der Waals surface area (Å²) in [4.78, 5) is 12.3. The van der Waals surface area contributed by atoms with E-state index in [2.05, 4.69) is 15.7 Å². The summed E-state index contributed by atoms with van der Waals surface area (Å²) in [7, 11) is 0. The smallest absolute Gasteiger partial charge is 0.410 e. The van der Waals surface area contributed by atoms with Crippen molar-refractivity contribution in [2.45, 2.75) is 43.6 Å². The third-order valence-electron chi connectivity index (χ3n) is 4.82. The van der Waals surface area contributed by atoms with Crippen molar-refractivity contribution < 1.29 is 27.1 Å². The number of furan rings is 1. The molecule has 7 nitrogen and oxygen atoms in total.